The summed E-state index contributed by atoms with van der Waals surface area (Å²) in [5, 5.41) is 7.04. The number of likely N-dealkylation sites (tertiary alicyclic amines) is 1. The molecule has 0 saturated carbocycles. The Morgan fingerprint density at radius 3 is 2.75 bits per heavy atom. The number of nitrogens with zero attached hydrogens (tertiary/aromatic N) is 3. The molecule has 3 aliphatic rings. The quantitative estimate of drug-likeness (QED) is 0.785. The van der Waals surface area contributed by atoms with E-state index >= 15 is 0 Å². The van der Waals surface area contributed by atoms with Crippen LogP contribution in [0.3, 0.4) is 0 Å². The largest absolute Gasteiger partial charge is 0.387 e. The van der Waals surface area contributed by atoms with Crippen molar-refractivity contribution in [2.45, 2.75) is 25.0 Å². The van der Waals surface area contributed by atoms with Crippen LogP contribution in [-0.2, 0) is 20.9 Å². The number of nitrogens with one attached hydrogen (secondary N) is 1. The third-order valence-corrected chi connectivity index (χ3v) is 5.63. The van der Waals surface area contributed by atoms with Gasteiger partial charge in [0, 0.05) is 58.7 Å². The summed E-state index contributed by atoms with van der Waals surface area (Å²) in [6.07, 6.45) is 1.37. The molecule has 152 valence electrons. The summed E-state index contributed by atoms with van der Waals surface area (Å²) in [6.45, 7) is 7.09. The maximum absolute atomic E-state index is 13.1. The minimum atomic E-state index is -0.406. The Labute approximate surface area is 164 Å². The second kappa shape index (κ2) is 8.55. The number of amides is 1. The van der Waals surface area contributed by atoms with E-state index in [0.717, 1.165) is 64.5 Å². The van der Waals surface area contributed by atoms with E-state index in [1.807, 2.05) is 0 Å². The first-order chi connectivity index (χ1) is 13.6. The molecule has 0 bridgehead atoms. The number of oxime groups is 1. The van der Waals surface area contributed by atoms with Gasteiger partial charge in [-0.3, -0.25) is 14.6 Å². The van der Waals surface area contributed by atoms with Gasteiger partial charge in [-0.1, -0.05) is 17.3 Å². The van der Waals surface area contributed by atoms with Crippen molar-refractivity contribution in [3.8, 4) is 0 Å². The van der Waals surface area contributed by atoms with Gasteiger partial charge in [0.15, 0.2) is 5.60 Å². The molecular formula is C20H27FN4O3. The number of hydrogen-bond donors (Lipinski definition) is 1. The van der Waals surface area contributed by atoms with Crippen LogP contribution in [0.2, 0.25) is 0 Å². The van der Waals surface area contributed by atoms with Gasteiger partial charge in [0.1, 0.15) is 11.5 Å². The molecule has 1 atom stereocenters. The van der Waals surface area contributed by atoms with Crippen LogP contribution in [0.15, 0.2) is 29.4 Å². The summed E-state index contributed by atoms with van der Waals surface area (Å²) in [4.78, 5) is 22.7. The molecule has 1 aromatic carbocycles. The molecule has 0 unspecified atom stereocenters. The van der Waals surface area contributed by atoms with Gasteiger partial charge in [0.05, 0.1) is 13.2 Å². The van der Waals surface area contributed by atoms with Crippen molar-refractivity contribution in [2.24, 2.45) is 5.16 Å². The van der Waals surface area contributed by atoms with Gasteiger partial charge < -0.3 is 14.9 Å². The third-order valence-electron chi connectivity index (χ3n) is 5.63. The van der Waals surface area contributed by atoms with Crippen molar-refractivity contribution in [3.05, 3.63) is 35.6 Å². The fourth-order valence-electron chi connectivity index (χ4n) is 4.03. The van der Waals surface area contributed by atoms with Crippen molar-refractivity contribution in [1.82, 2.24) is 15.1 Å². The van der Waals surface area contributed by atoms with E-state index in [4.69, 9.17) is 9.57 Å². The lowest BCUT2D eigenvalue weighted by atomic mass is 9.96. The highest BCUT2D eigenvalue weighted by Gasteiger charge is 2.46. The van der Waals surface area contributed by atoms with Gasteiger partial charge in [0.2, 0.25) is 0 Å². The van der Waals surface area contributed by atoms with Crippen LogP contribution in [0.1, 0.15) is 18.4 Å². The predicted molar refractivity (Wildman–Crippen MR) is 102 cm³/mol. The molecule has 0 radical (unpaired) electrons. The topological polar surface area (TPSA) is 66.4 Å². The highest BCUT2D eigenvalue weighted by atomic mass is 19.1. The lowest BCUT2D eigenvalue weighted by Crippen LogP contribution is -2.43. The molecule has 4 rings (SSSR count). The van der Waals surface area contributed by atoms with Gasteiger partial charge >= 0.3 is 0 Å². The van der Waals surface area contributed by atoms with E-state index in [0.29, 0.717) is 18.7 Å². The molecule has 1 spiro atoms. The second-order valence-electron chi connectivity index (χ2n) is 7.79. The normalized spacial score (nSPS) is 25.7. The zero-order chi connectivity index (χ0) is 19.4. The summed E-state index contributed by atoms with van der Waals surface area (Å²) in [7, 11) is 0. The standard InChI is InChI=1S/C20H27FN4O3/c21-17-3-1-16(2-4-17)14-25-7-5-20(15-25)13-18(23-28-20)19(26)22-6-8-24-9-11-27-12-10-24/h1-4H,5-15H2,(H,22,26)/t20-/m0/s1. The summed E-state index contributed by atoms with van der Waals surface area (Å²) >= 11 is 0. The fraction of sp³-hybridized carbons (Fsp3) is 0.600. The molecule has 7 nitrogen and oxygen atoms in total. The predicted octanol–water partition coefficient (Wildman–Crippen LogP) is 0.995. The van der Waals surface area contributed by atoms with Crippen molar-refractivity contribution < 1.29 is 18.8 Å². The maximum Gasteiger partial charge on any atom is 0.269 e. The monoisotopic (exact) mass is 390 g/mol. The Morgan fingerprint density at radius 2 is 1.96 bits per heavy atom. The highest BCUT2D eigenvalue weighted by Crippen LogP contribution is 2.34. The molecule has 2 saturated heterocycles. The Hall–Kier alpha value is -2.03. The van der Waals surface area contributed by atoms with Crippen LogP contribution in [0, 0.1) is 5.82 Å². The Balaban J connectivity index is 1.21. The number of benzene rings is 1. The van der Waals surface area contributed by atoms with Crippen LogP contribution in [-0.4, -0.2) is 79.5 Å². The van der Waals surface area contributed by atoms with E-state index in [-0.39, 0.29) is 11.7 Å². The molecule has 0 aromatic heterocycles. The highest BCUT2D eigenvalue weighted by molar-refractivity contribution is 6.39. The van der Waals surface area contributed by atoms with E-state index in [1.54, 1.807) is 12.1 Å². The Morgan fingerprint density at radius 1 is 1.18 bits per heavy atom. The van der Waals surface area contributed by atoms with Gasteiger partial charge in [0.25, 0.3) is 5.91 Å². The van der Waals surface area contributed by atoms with E-state index in [2.05, 4.69) is 20.3 Å². The number of ether oxygens (including phenoxy) is 1. The zero-order valence-corrected chi connectivity index (χ0v) is 16.0. The third kappa shape index (κ3) is 4.68. The Bertz CT molecular complexity index is 721. The smallest absolute Gasteiger partial charge is 0.269 e. The molecule has 28 heavy (non-hydrogen) atoms. The van der Waals surface area contributed by atoms with Crippen LogP contribution >= 0.6 is 0 Å². The van der Waals surface area contributed by atoms with Gasteiger partial charge in [-0.15, -0.1) is 0 Å². The maximum atomic E-state index is 13.1. The minimum Gasteiger partial charge on any atom is -0.387 e. The van der Waals surface area contributed by atoms with E-state index in [1.165, 1.54) is 12.1 Å². The fourth-order valence-corrected chi connectivity index (χ4v) is 4.03. The summed E-state index contributed by atoms with van der Waals surface area (Å²) < 4.78 is 18.4. The number of rotatable bonds is 6. The van der Waals surface area contributed by atoms with Crippen molar-refractivity contribution in [2.75, 3.05) is 52.5 Å². The van der Waals surface area contributed by atoms with Gasteiger partial charge in [-0.05, 0) is 17.7 Å². The molecule has 3 aliphatic heterocycles. The van der Waals surface area contributed by atoms with Crippen molar-refractivity contribution in [1.29, 1.82) is 0 Å². The summed E-state index contributed by atoms with van der Waals surface area (Å²) in [6, 6.07) is 6.57. The van der Waals surface area contributed by atoms with Crippen LogP contribution in [0.5, 0.6) is 0 Å². The molecule has 3 heterocycles. The summed E-state index contributed by atoms with van der Waals surface area (Å²) in [5.74, 6) is -0.361. The van der Waals surface area contributed by atoms with Gasteiger partial charge in [-0.25, -0.2) is 4.39 Å². The Kier molecular flexibility index (Phi) is 5.89. The average molecular weight is 390 g/mol. The molecule has 8 heteroatoms. The molecule has 1 aromatic rings. The SMILES string of the molecule is O=C(NCCN1CCOCC1)C1=NO[C@@]2(CCN(Cc3ccc(F)cc3)C2)C1. The lowest BCUT2D eigenvalue weighted by Gasteiger charge is -2.26. The minimum absolute atomic E-state index is 0.137. The number of morpholine rings is 1. The number of hydrogen-bond acceptors (Lipinski definition) is 6. The number of carbonyl (C=O) groups is 1. The molecule has 2 fully saturated rings. The first-order valence-corrected chi connectivity index (χ1v) is 9.92. The second-order valence-corrected chi connectivity index (χ2v) is 7.79. The number of halogens is 1. The van der Waals surface area contributed by atoms with Crippen molar-refractivity contribution in [3.63, 3.8) is 0 Å². The zero-order valence-electron chi connectivity index (χ0n) is 16.0. The van der Waals surface area contributed by atoms with E-state index < -0.39 is 5.60 Å². The van der Waals surface area contributed by atoms with Crippen LogP contribution in [0.4, 0.5) is 4.39 Å². The van der Waals surface area contributed by atoms with Crippen LogP contribution < -0.4 is 5.32 Å². The lowest BCUT2D eigenvalue weighted by molar-refractivity contribution is -0.115. The number of carbonyl (C=O) groups excluding carboxylic acids is 1. The molecule has 0 aliphatic carbocycles. The molecular weight excluding hydrogens is 363 g/mol. The molecule has 1 amide bonds. The first-order valence-electron chi connectivity index (χ1n) is 9.92. The summed E-state index contributed by atoms with van der Waals surface area (Å²) in [5.41, 5.74) is 1.14. The van der Waals surface area contributed by atoms with Gasteiger partial charge in [-0.2, -0.15) is 0 Å². The first kappa shape index (κ1) is 19.3. The molecule has 1 N–H and O–H groups in total. The van der Waals surface area contributed by atoms with Crippen LogP contribution in [0.25, 0.3) is 0 Å². The van der Waals surface area contributed by atoms with E-state index in [9.17, 15) is 9.18 Å². The average Bonchev–Trinajstić information content (AvgIpc) is 3.31. The van der Waals surface area contributed by atoms with Crippen molar-refractivity contribution >= 4 is 11.6 Å².